The van der Waals surface area contributed by atoms with Crippen molar-refractivity contribution < 1.29 is 0 Å². The van der Waals surface area contributed by atoms with E-state index in [1.54, 1.807) is 0 Å². The highest BCUT2D eigenvalue weighted by Crippen LogP contribution is 2.23. The summed E-state index contributed by atoms with van der Waals surface area (Å²) in [4.78, 5) is 0. The van der Waals surface area contributed by atoms with E-state index in [0.717, 1.165) is 18.5 Å². The van der Waals surface area contributed by atoms with Crippen LogP contribution in [-0.4, -0.2) is 13.6 Å². The van der Waals surface area contributed by atoms with Gasteiger partial charge in [0, 0.05) is 6.54 Å². The van der Waals surface area contributed by atoms with Crippen molar-refractivity contribution in [3.05, 3.63) is 39.4 Å². The number of rotatable bonds is 4. The van der Waals surface area contributed by atoms with Crippen LogP contribution in [0.5, 0.6) is 0 Å². The Morgan fingerprint density at radius 3 is 2.60 bits per heavy atom. The van der Waals surface area contributed by atoms with Gasteiger partial charge < -0.3 is 5.32 Å². The summed E-state index contributed by atoms with van der Waals surface area (Å²) in [6.07, 6.45) is 3.17. The van der Waals surface area contributed by atoms with E-state index in [9.17, 15) is 0 Å². The van der Waals surface area contributed by atoms with Crippen LogP contribution in [0.15, 0.2) is 23.8 Å². The Labute approximate surface area is 101 Å². The maximum Gasteiger partial charge on any atom is 0.0598 e. The zero-order valence-electron chi connectivity index (χ0n) is 8.98. The molecule has 0 aliphatic rings. The molecular weight excluding hydrogens is 229 g/mol. The zero-order valence-corrected chi connectivity index (χ0v) is 10.5. The lowest BCUT2D eigenvalue weighted by molar-refractivity contribution is 0.851. The van der Waals surface area contributed by atoms with E-state index in [-0.39, 0.29) is 0 Å². The van der Waals surface area contributed by atoms with Crippen LogP contribution in [0.4, 0.5) is 0 Å². The van der Waals surface area contributed by atoms with Gasteiger partial charge in [-0.1, -0.05) is 47.8 Å². The number of nitrogens with one attached hydrogen (secondary N) is 1. The summed E-state index contributed by atoms with van der Waals surface area (Å²) in [6, 6.07) is 5.68. The van der Waals surface area contributed by atoms with Gasteiger partial charge in [-0.2, -0.15) is 0 Å². The number of benzene rings is 1. The van der Waals surface area contributed by atoms with Crippen LogP contribution in [0, 0.1) is 0 Å². The van der Waals surface area contributed by atoms with E-state index in [0.29, 0.717) is 10.0 Å². The standard InChI is InChI=1S/C12H15Cl2N/c1-3-9(8-15-2)6-10-4-5-11(13)12(14)7-10/h4-7,15H,3,8H2,1-2H3. The number of hydrogen-bond acceptors (Lipinski definition) is 1. The molecule has 0 unspecified atom stereocenters. The second-order valence-electron chi connectivity index (χ2n) is 3.36. The number of hydrogen-bond donors (Lipinski definition) is 1. The van der Waals surface area contributed by atoms with E-state index in [4.69, 9.17) is 23.2 Å². The zero-order chi connectivity index (χ0) is 11.3. The average molecular weight is 244 g/mol. The van der Waals surface area contributed by atoms with Gasteiger partial charge in [-0.3, -0.25) is 0 Å². The molecule has 0 aromatic heterocycles. The molecule has 0 aliphatic carbocycles. The molecule has 0 amide bonds. The topological polar surface area (TPSA) is 12.0 Å². The van der Waals surface area contributed by atoms with Crippen molar-refractivity contribution in [2.45, 2.75) is 13.3 Å². The van der Waals surface area contributed by atoms with E-state index in [2.05, 4.69) is 18.3 Å². The van der Waals surface area contributed by atoms with Crippen LogP contribution in [0.25, 0.3) is 6.08 Å². The van der Waals surface area contributed by atoms with E-state index >= 15 is 0 Å². The van der Waals surface area contributed by atoms with Gasteiger partial charge in [0.15, 0.2) is 0 Å². The minimum Gasteiger partial charge on any atom is -0.316 e. The summed E-state index contributed by atoms with van der Waals surface area (Å²) in [5, 5.41) is 4.34. The van der Waals surface area contributed by atoms with Crippen molar-refractivity contribution in [1.29, 1.82) is 0 Å². The largest absolute Gasteiger partial charge is 0.316 e. The predicted molar refractivity (Wildman–Crippen MR) is 68.7 cm³/mol. The molecule has 15 heavy (non-hydrogen) atoms. The lowest BCUT2D eigenvalue weighted by Gasteiger charge is -2.04. The molecule has 1 nitrogen and oxygen atoms in total. The normalized spacial score (nSPS) is 11.9. The second kappa shape index (κ2) is 6.16. The van der Waals surface area contributed by atoms with Gasteiger partial charge in [0.2, 0.25) is 0 Å². The second-order valence-corrected chi connectivity index (χ2v) is 4.17. The molecule has 82 valence electrons. The SMILES string of the molecule is CCC(=Cc1ccc(Cl)c(Cl)c1)CNC. The van der Waals surface area contributed by atoms with Crippen LogP contribution in [0.1, 0.15) is 18.9 Å². The van der Waals surface area contributed by atoms with Crippen LogP contribution in [0.2, 0.25) is 10.0 Å². The van der Waals surface area contributed by atoms with Gasteiger partial charge in [0.05, 0.1) is 10.0 Å². The summed E-state index contributed by atoms with van der Waals surface area (Å²) < 4.78 is 0. The fraction of sp³-hybridized carbons (Fsp3) is 0.333. The Balaban J connectivity index is 2.91. The first-order chi connectivity index (χ1) is 7.17. The van der Waals surface area contributed by atoms with Gasteiger partial charge in [-0.25, -0.2) is 0 Å². The third kappa shape index (κ3) is 3.86. The maximum atomic E-state index is 5.94. The molecule has 1 rings (SSSR count). The molecule has 1 aromatic carbocycles. The molecule has 0 atom stereocenters. The fourth-order valence-corrected chi connectivity index (χ4v) is 1.65. The average Bonchev–Trinajstić information content (AvgIpc) is 2.23. The first kappa shape index (κ1) is 12.6. The third-order valence-electron chi connectivity index (χ3n) is 2.17. The van der Waals surface area contributed by atoms with Crippen LogP contribution < -0.4 is 5.32 Å². The number of likely N-dealkylation sites (N-methyl/N-ethyl adjacent to an activating group) is 1. The Morgan fingerprint density at radius 2 is 2.07 bits per heavy atom. The van der Waals surface area contributed by atoms with Gasteiger partial charge in [0.1, 0.15) is 0 Å². The Morgan fingerprint density at radius 1 is 1.33 bits per heavy atom. The van der Waals surface area contributed by atoms with Crippen molar-refractivity contribution in [2.75, 3.05) is 13.6 Å². The lowest BCUT2D eigenvalue weighted by Crippen LogP contribution is -2.09. The van der Waals surface area contributed by atoms with Crippen molar-refractivity contribution in [1.82, 2.24) is 5.32 Å². The van der Waals surface area contributed by atoms with E-state index in [1.807, 2.05) is 25.2 Å². The van der Waals surface area contributed by atoms with Gasteiger partial charge >= 0.3 is 0 Å². The van der Waals surface area contributed by atoms with E-state index < -0.39 is 0 Å². The van der Waals surface area contributed by atoms with Crippen molar-refractivity contribution >= 4 is 29.3 Å². The summed E-state index contributed by atoms with van der Waals surface area (Å²) in [5.74, 6) is 0. The quantitative estimate of drug-likeness (QED) is 0.843. The Kier molecular flexibility index (Phi) is 5.16. The van der Waals surface area contributed by atoms with Crippen LogP contribution in [-0.2, 0) is 0 Å². The highest BCUT2D eigenvalue weighted by Gasteiger charge is 1.98. The molecule has 0 fully saturated rings. The highest BCUT2D eigenvalue weighted by molar-refractivity contribution is 6.42. The summed E-state index contributed by atoms with van der Waals surface area (Å²) in [6.45, 7) is 3.04. The summed E-state index contributed by atoms with van der Waals surface area (Å²) in [5.41, 5.74) is 2.44. The molecule has 0 saturated carbocycles. The molecule has 0 radical (unpaired) electrons. The molecule has 0 saturated heterocycles. The monoisotopic (exact) mass is 243 g/mol. The molecule has 1 N–H and O–H groups in total. The van der Waals surface area contributed by atoms with Crippen molar-refractivity contribution in [3.8, 4) is 0 Å². The third-order valence-corrected chi connectivity index (χ3v) is 2.91. The minimum atomic E-state index is 0.598. The predicted octanol–water partition coefficient (Wildman–Crippen LogP) is 4.01. The molecule has 0 aliphatic heterocycles. The summed E-state index contributed by atoms with van der Waals surface area (Å²) >= 11 is 11.8. The molecule has 0 spiro atoms. The van der Waals surface area contributed by atoms with E-state index in [1.165, 1.54) is 5.57 Å². The minimum absolute atomic E-state index is 0.598. The molecule has 1 aromatic rings. The lowest BCUT2D eigenvalue weighted by atomic mass is 10.1. The molecular formula is C12H15Cl2N. The van der Waals surface area contributed by atoms with Crippen molar-refractivity contribution in [3.63, 3.8) is 0 Å². The fourth-order valence-electron chi connectivity index (χ4n) is 1.34. The summed E-state index contributed by atoms with van der Waals surface area (Å²) in [7, 11) is 1.94. The maximum absolute atomic E-state index is 5.94. The van der Waals surface area contributed by atoms with Gasteiger partial charge in [0.25, 0.3) is 0 Å². The van der Waals surface area contributed by atoms with Crippen molar-refractivity contribution in [2.24, 2.45) is 0 Å². The number of halogens is 2. The molecule has 0 bridgehead atoms. The smallest absolute Gasteiger partial charge is 0.0598 e. The van der Waals surface area contributed by atoms with Crippen LogP contribution >= 0.6 is 23.2 Å². The van der Waals surface area contributed by atoms with Crippen LogP contribution in [0.3, 0.4) is 0 Å². The molecule has 0 heterocycles. The Bertz CT molecular complexity index is 359. The van der Waals surface area contributed by atoms with Gasteiger partial charge in [-0.15, -0.1) is 0 Å². The molecule has 3 heteroatoms. The first-order valence-electron chi connectivity index (χ1n) is 4.96. The first-order valence-corrected chi connectivity index (χ1v) is 5.72. The van der Waals surface area contributed by atoms with Gasteiger partial charge in [-0.05, 0) is 31.2 Å². The Hall–Kier alpha value is -0.500. The highest BCUT2D eigenvalue weighted by atomic mass is 35.5.